The predicted molar refractivity (Wildman–Crippen MR) is 100 cm³/mol. The molecule has 2 aromatic carbocycles. The summed E-state index contributed by atoms with van der Waals surface area (Å²) in [6, 6.07) is 9.44. The lowest BCUT2D eigenvalue weighted by Crippen LogP contribution is -2.53. The molecule has 0 spiro atoms. The first-order valence-electron chi connectivity index (χ1n) is 8.68. The molecule has 0 saturated carbocycles. The molecule has 8 heteroatoms. The van der Waals surface area contributed by atoms with Gasteiger partial charge in [-0.3, -0.25) is 19.7 Å². The van der Waals surface area contributed by atoms with Gasteiger partial charge in [0.15, 0.2) is 5.78 Å². The minimum absolute atomic E-state index is 0.117. The number of para-hydroxylation sites is 1. The van der Waals surface area contributed by atoms with Crippen molar-refractivity contribution in [3.63, 3.8) is 0 Å². The zero-order chi connectivity index (χ0) is 20.6. The van der Waals surface area contributed by atoms with Gasteiger partial charge < -0.3 is 15.2 Å². The lowest BCUT2D eigenvalue weighted by atomic mass is 9.85. The van der Waals surface area contributed by atoms with Crippen molar-refractivity contribution in [2.75, 3.05) is 0 Å². The molecule has 1 aliphatic heterocycles. The number of aliphatic hydroxyl groups excluding tert-OH is 1. The van der Waals surface area contributed by atoms with Gasteiger partial charge in [-0.1, -0.05) is 12.1 Å². The second kappa shape index (κ2) is 7.05. The van der Waals surface area contributed by atoms with E-state index in [-0.39, 0.29) is 17.0 Å². The molecule has 0 aliphatic carbocycles. The quantitative estimate of drug-likeness (QED) is 0.475. The Balaban J connectivity index is 2.03. The molecule has 0 bridgehead atoms. The molecule has 146 valence electrons. The van der Waals surface area contributed by atoms with Crippen LogP contribution in [0.25, 0.3) is 0 Å². The number of hydrogen-bond acceptors (Lipinski definition) is 6. The summed E-state index contributed by atoms with van der Waals surface area (Å²) < 4.78 is 5.82. The molecule has 1 aliphatic rings. The van der Waals surface area contributed by atoms with E-state index in [0.717, 1.165) is 0 Å². The smallest absolute Gasteiger partial charge is 0.282 e. The van der Waals surface area contributed by atoms with Crippen LogP contribution in [0.3, 0.4) is 0 Å². The summed E-state index contributed by atoms with van der Waals surface area (Å²) in [7, 11) is 0. The standard InChI is InChI=1S/C20H20N2O6/c1-11(23)12-8-9-16-14(10-12)17(18(24)20(2,3)28-16)21-19(25)13-6-4-5-7-15(13)22(26)27/h4-10,17-18,24H,1-3H3,(H,21,25). The number of hydrogen-bond donors (Lipinski definition) is 2. The number of fused-ring (bicyclic) bond motifs is 1. The number of carbonyl (C=O) groups excluding carboxylic acids is 2. The Hall–Kier alpha value is -3.26. The van der Waals surface area contributed by atoms with Crippen LogP contribution in [0.2, 0.25) is 0 Å². The number of rotatable bonds is 4. The summed E-state index contributed by atoms with van der Waals surface area (Å²) in [6.45, 7) is 4.75. The van der Waals surface area contributed by atoms with Gasteiger partial charge in [-0.25, -0.2) is 0 Å². The Kier molecular flexibility index (Phi) is 4.91. The zero-order valence-electron chi connectivity index (χ0n) is 15.6. The number of nitro benzene ring substituents is 1. The third-order valence-electron chi connectivity index (χ3n) is 4.78. The average molecular weight is 384 g/mol. The van der Waals surface area contributed by atoms with E-state index in [9.17, 15) is 24.8 Å². The van der Waals surface area contributed by atoms with Crippen LogP contribution >= 0.6 is 0 Å². The summed E-state index contributed by atoms with van der Waals surface area (Å²) in [5, 5.41) is 24.7. The van der Waals surface area contributed by atoms with Crippen LogP contribution in [-0.4, -0.2) is 33.4 Å². The van der Waals surface area contributed by atoms with Crippen molar-refractivity contribution in [1.82, 2.24) is 5.32 Å². The van der Waals surface area contributed by atoms with Crippen LogP contribution in [0.4, 0.5) is 5.69 Å². The maximum Gasteiger partial charge on any atom is 0.282 e. The molecule has 2 unspecified atom stereocenters. The number of nitrogens with one attached hydrogen (secondary N) is 1. The fourth-order valence-electron chi connectivity index (χ4n) is 3.22. The largest absolute Gasteiger partial charge is 0.485 e. The Bertz CT molecular complexity index is 969. The summed E-state index contributed by atoms with van der Waals surface area (Å²) in [6.07, 6.45) is -1.14. The van der Waals surface area contributed by atoms with Crippen molar-refractivity contribution in [2.45, 2.75) is 38.5 Å². The van der Waals surface area contributed by atoms with Gasteiger partial charge in [0, 0.05) is 17.2 Å². The van der Waals surface area contributed by atoms with Gasteiger partial charge in [0.05, 0.1) is 11.0 Å². The molecule has 8 nitrogen and oxygen atoms in total. The Labute approximate surface area is 161 Å². The molecule has 0 radical (unpaired) electrons. The topological polar surface area (TPSA) is 119 Å². The number of nitro groups is 1. The summed E-state index contributed by atoms with van der Waals surface area (Å²) in [5.74, 6) is -0.452. The van der Waals surface area contributed by atoms with Gasteiger partial charge in [-0.15, -0.1) is 0 Å². The predicted octanol–water partition coefficient (Wildman–Crippen LogP) is 2.80. The highest BCUT2D eigenvalue weighted by atomic mass is 16.6. The molecule has 0 aromatic heterocycles. The Morgan fingerprint density at radius 2 is 1.89 bits per heavy atom. The third kappa shape index (κ3) is 3.46. The highest BCUT2D eigenvalue weighted by Crippen LogP contribution is 2.40. The van der Waals surface area contributed by atoms with Crippen molar-refractivity contribution in [3.8, 4) is 5.75 Å². The van der Waals surface area contributed by atoms with E-state index in [1.54, 1.807) is 32.0 Å². The van der Waals surface area contributed by atoms with Crippen LogP contribution in [0.1, 0.15) is 53.1 Å². The normalized spacial score (nSPS) is 19.9. The SMILES string of the molecule is CC(=O)c1ccc2c(c1)C(NC(=O)c1ccccc1[N+](=O)[O-])C(O)C(C)(C)O2. The van der Waals surface area contributed by atoms with Crippen LogP contribution < -0.4 is 10.1 Å². The van der Waals surface area contributed by atoms with Crippen molar-refractivity contribution >= 4 is 17.4 Å². The molecule has 1 heterocycles. The van der Waals surface area contributed by atoms with Crippen LogP contribution in [0.15, 0.2) is 42.5 Å². The van der Waals surface area contributed by atoms with Gasteiger partial charge >= 0.3 is 0 Å². The maximum atomic E-state index is 12.8. The number of aliphatic hydroxyl groups is 1. The van der Waals surface area contributed by atoms with E-state index in [1.165, 1.54) is 31.2 Å². The second-order valence-corrected chi connectivity index (χ2v) is 7.18. The molecule has 0 fully saturated rings. The van der Waals surface area contributed by atoms with Crippen LogP contribution in [0.5, 0.6) is 5.75 Å². The van der Waals surface area contributed by atoms with Crippen molar-refractivity contribution in [2.24, 2.45) is 0 Å². The van der Waals surface area contributed by atoms with Gasteiger partial charge in [0.25, 0.3) is 11.6 Å². The van der Waals surface area contributed by atoms with E-state index < -0.39 is 28.6 Å². The molecule has 0 saturated heterocycles. The Morgan fingerprint density at radius 3 is 2.54 bits per heavy atom. The number of ether oxygens (including phenoxy) is 1. The molecule has 28 heavy (non-hydrogen) atoms. The number of carbonyl (C=O) groups is 2. The minimum Gasteiger partial charge on any atom is -0.485 e. The van der Waals surface area contributed by atoms with Crippen LogP contribution in [-0.2, 0) is 0 Å². The van der Waals surface area contributed by atoms with E-state index in [1.807, 2.05) is 0 Å². The first-order valence-corrected chi connectivity index (χ1v) is 8.68. The zero-order valence-corrected chi connectivity index (χ0v) is 15.6. The number of Topliss-reactive ketones (excluding diaryl/α,β-unsaturated/α-hetero) is 1. The van der Waals surface area contributed by atoms with Crippen molar-refractivity contribution in [1.29, 1.82) is 0 Å². The molecular weight excluding hydrogens is 364 g/mol. The third-order valence-corrected chi connectivity index (χ3v) is 4.78. The monoisotopic (exact) mass is 384 g/mol. The molecular formula is C20H20N2O6. The second-order valence-electron chi connectivity index (χ2n) is 7.18. The lowest BCUT2D eigenvalue weighted by Gasteiger charge is -2.42. The average Bonchev–Trinajstić information content (AvgIpc) is 2.64. The lowest BCUT2D eigenvalue weighted by molar-refractivity contribution is -0.385. The maximum absolute atomic E-state index is 12.8. The van der Waals surface area contributed by atoms with Gasteiger partial charge in [-0.2, -0.15) is 0 Å². The number of ketones is 1. The first-order chi connectivity index (χ1) is 13.1. The fourth-order valence-corrected chi connectivity index (χ4v) is 3.22. The first kappa shape index (κ1) is 19.5. The number of benzene rings is 2. The van der Waals surface area contributed by atoms with E-state index in [4.69, 9.17) is 4.74 Å². The molecule has 2 atom stereocenters. The molecule has 3 rings (SSSR count). The highest BCUT2D eigenvalue weighted by molar-refractivity contribution is 5.98. The molecule has 1 amide bonds. The highest BCUT2D eigenvalue weighted by Gasteiger charge is 2.44. The number of nitrogens with zero attached hydrogens (tertiary/aromatic N) is 1. The van der Waals surface area contributed by atoms with Crippen molar-refractivity contribution in [3.05, 3.63) is 69.3 Å². The van der Waals surface area contributed by atoms with E-state index in [2.05, 4.69) is 5.32 Å². The Morgan fingerprint density at radius 1 is 1.21 bits per heavy atom. The number of amides is 1. The summed E-state index contributed by atoms with van der Waals surface area (Å²) in [5.41, 5.74) is -0.636. The molecule has 2 aromatic rings. The van der Waals surface area contributed by atoms with Gasteiger partial charge in [0.1, 0.15) is 23.0 Å². The van der Waals surface area contributed by atoms with E-state index in [0.29, 0.717) is 16.9 Å². The molecule has 2 N–H and O–H groups in total. The summed E-state index contributed by atoms with van der Waals surface area (Å²) >= 11 is 0. The van der Waals surface area contributed by atoms with Crippen molar-refractivity contribution < 1.29 is 24.4 Å². The van der Waals surface area contributed by atoms with Gasteiger partial charge in [-0.05, 0) is 45.0 Å². The van der Waals surface area contributed by atoms with Gasteiger partial charge in [0.2, 0.25) is 0 Å². The summed E-state index contributed by atoms with van der Waals surface area (Å²) in [4.78, 5) is 35.1. The van der Waals surface area contributed by atoms with Crippen LogP contribution in [0, 0.1) is 10.1 Å². The fraction of sp³-hybridized carbons (Fsp3) is 0.300. The van der Waals surface area contributed by atoms with E-state index >= 15 is 0 Å². The minimum atomic E-state index is -1.14.